The molecule has 0 aromatic heterocycles. The van der Waals surface area contributed by atoms with Gasteiger partial charge in [0.2, 0.25) is 0 Å². The Bertz CT molecular complexity index is 206. The van der Waals surface area contributed by atoms with E-state index in [1.807, 2.05) is 6.92 Å². The molecule has 16 heavy (non-hydrogen) atoms. The van der Waals surface area contributed by atoms with E-state index in [9.17, 15) is 13.2 Å². The van der Waals surface area contributed by atoms with Crippen LogP contribution in [0.2, 0.25) is 0 Å². The Morgan fingerprint density at radius 1 is 1.31 bits per heavy atom. The molecule has 1 rings (SSSR count). The van der Waals surface area contributed by atoms with Crippen LogP contribution in [-0.2, 0) is 0 Å². The Labute approximate surface area is 95.0 Å². The first-order chi connectivity index (χ1) is 7.40. The van der Waals surface area contributed by atoms with Crippen LogP contribution in [0.1, 0.15) is 32.6 Å². The van der Waals surface area contributed by atoms with Crippen LogP contribution in [0.4, 0.5) is 13.2 Å². The SMILES string of the molecule is CCCN(CC1CCC(N)C1)CC(F)(F)F. The van der Waals surface area contributed by atoms with Crippen LogP contribution < -0.4 is 5.73 Å². The van der Waals surface area contributed by atoms with Gasteiger partial charge in [-0.05, 0) is 38.1 Å². The highest BCUT2D eigenvalue weighted by molar-refractivity contribution is 4.80. The standard InChI is InChI=1S/C11H21F3N2/c1-2-5-16(8-11(12,13)14)7-9-3-4-10(15)6-9/h9-10H,2-8,15H2,1H3. The average molecular weight is 238 g/mol. The third-order valence-electron chi connectivity index (χ3n) is 3.04. The lowest BCUT2D eigenvalue weighted by Gasteiger charge is -2.26. The molecule has 0 bridgehead atoms. The number of halogens is 3. The summed E-state index contributed by atoms with van der Waals surface area (Å²) in [4.78, 5) is 1.52. The highest BCUT2D eigenvalue weighted by atomic mass is 19.4. The van der Waals surface area contributed by atoms with E-state index in [2.05, 4.69) is 0 Å². The molecule has 2 unspecified atom stereocenters. The monoisotopic (exact) mass is 238 g/mol. The molecule has 2 atom stereocenters. The van der Waals surface area contributed by atoms with E-state index < -0.39 is 12.7 Å². The maximum absolute atomic E-state index is 12.3. The van der Waals surface area contributed by atoms with E-state index in [0.717, 1.165) is 25.7 Å². The normalized spacial score (nSPS) is 26.6. The number of alkyl halides is 3. The van der Waals surface area contributed by atoms with Gasteiger partial charge in [-0.2, -0.15) is 13.2 Å². The van der Waals surface area contributed by atoms with Crippen LogP contribution in [0, 0.1) is 5.92 Å². The lowest BCUT2D eigenvalue weighted by molar-refractivity contribution is -0.147. The van der Waals surface area contributed by atoms with Crippen LogP contribution in [0.3, 0.4) is 0 Å². The molecule has 1 fully saturated rings. The molecule has 2 N–H and O–H groups in total. The predicted molar refractivity (Wildman–Crippen MR) is 58.1 cm³/mol. The number of nitrogens with zero attached hydrogens (tertiary/aromatic N) is 1. The topological polar surface area (TPSA) is 29.3 Å². The van der Waals surface area contributed by atoms with Gasteiger partial charge in [-0.3, -0.25) is 4.90 Å². The van der Waals surface area contributed by atoms with Crippen LogP contribution >= 0.6 is 0 Å². The largest absolute Gasteiger partial charge is 0.401 e. The zero-order valence-corrected chi connectivity index (χ0v) is 9.76. The quantitative estimate of drug-likeness (QED) is 0.797. The molecule has 0 spiro atoms. The molecule has 96 valence electrons. The van der Waals surface area contributed by atoms with Crippen molar-refractivity contribution < 1.29 is 13.2 Å². The van der Waals surface area contributed by atoms with Crippen molar-refractivity contribution in [3.63, 3.8) is 0 Å². The first-order valence-corrected chi connectivity index (χ1v) is 5.95. The maximum atomic E-state index is 12.3. The van der Waals surface area contributed by atoms with Gasteiger partial charge in [0.25, 0.3) is 0 Å². The second-order valence-electron chi connectivity index (χ2n) is 4.79. The van der Waals surface area contributed by atoms with E-state index in [0.29, 0.717) is 19.0 Å². The Kier molecular flexibility index (Phi) is 5.05. The molecule has 1 saturated carbocycles. The highest BCUT2D eigenvalue weighted by Crippen LogP contribution is 2.26. The second kappa shape index (κ2) is 5.87. The van der Waals surface area contributed by atoms with E-state index in [1.54, 1.807) is 0 Å². The molecule has 0 aromatic carbocycles. The van der Waals surface area contributed by atoms with Crippen molar-refractivity contribution in [3.8, 4) is 0 Å². The third kappa shape index (κ3) is 5.16. The van der Waals surface area contributed by atoms with Gasteiger partial charge in [0, 0.05) is 12.6 Å². The Hall–Kier alpha value is -0.290. The van der Waals surface area contributed by atoms with Crippen molar-refractivity contribution in [1.82, 2.24) is 4.90 Å². The van der Waals surface area contributed by atoms with E-state index in [4.69, 9.17) is 5.73 Å². The Morgan fingerprint density at radius 3 is 2.44 bits per heavy atom. The summed E-state index contributed by atoms with van der Waals surface area (Å²) in [6.45, 7) is 2.18. The summed E-state index contributed by atoms with van der Waals surface area (Å²) in [6, 6.07) is 0.194. The van der Waals surface area contributed by atoms with Crippen molar-refractivity contribution in [3.05, 3.63) is 0 Å². The number of hydrogen-bond donors (Lipinski definition) is 1. The van der Waals surface area contributed by atoms with E-state index in [-0.39, 0.29) is 6.04 Å². The summed E-state index contributed by atoms with van der Waals surface area (Å²) < 4.78 is 36.9. The molecule has 1 aliphatic carbocycles. The van der Waals surface area contributed by atoms with E-state index >= 15 is 0 Å². The van der Waals surface area contributed by atoms with Crippen molar-refractivity contribution >= 4 is 0 Å². The van der Waals surface area contributed by atoms with Crippen molar-refractivity contribution in [2.24, 2.45) is 11.7 Å². The molecular formula is C11H21F3N2. The fourth-order valence-electron chi connectivity index (χ4n) is 2.45. The van der Waals surface area contributed by atoms with Gasteiger partial charge in [0.15, 0.2) is 0 Å². The zero-order valence-electron chi connectivity index (χ0n) is 9.76. The molecule has 0 amide bonds. The minimum atomic E-state index is -4.09. The first kappa shape index (κ1) is 13.8. The number of rotatable bonds is 5. The predicted octanol–water partition coefficient (Wildman–Crippen LogP) is 2.39. The maximum Gasteiger partial charge on any atom is 0.401 e. The van der Waals surface area contributed by atoms with Gasteiger partial charge in [0.05, 0.1) is 6.54 Å². The minimum Gasteiger partial charge on any atom is -0.328 e. The van der Waals surface area contributed by atoms with Gasteiger partial charge < -0.3 is 5.73 Å². The zero-order chi connectivity index (χ0) is 12.2. The highest BCUT2D eigenvalue weighted by Gasteiger charge is 2.32. The molecule has 0 saturated heterocycles. The van der Waals surface area contributed by atoms with Crippen LogP contribution in [0.15, 0.2) is 0 Å². The van der Waals surface area contributed by atoms with Crippen molar-refractivity contribution in [1.29, 1.82) is 0 Å². The smallest absolute Gasteiger partial charge is 0.328 e. The van der Waals surface area contributed by atoms with Gasteiger partial charge in [-0.1, -0.05) is 6.92 Å². The summed E-state index contributed by atoms with van der Waals surface area (Å²) in [6.07, 6.45) is -0.529. The van der Waals surface area contributed by atoms with Gasteiger partial charge >= 0.3 is 6.18 Å². The summed E-state index contributed by atoms with van der Waals surface area (Å²) >= 11 is 0. The Morgan fingerprint density at radius 2 is 2.00 bits per heavy atom. The van der Waals surface area contributed by atoms with Gasteiger partial charge in [0.1, 0.15) is 0 Å². The summed E-state index contributed by atoms with van der Waals surface area (Å²) in [5, 5.41) is 0. The number of nitrogens with two attached hydrogens (primary N) is 1. The molecule has 0 heterocycles. The number of hydrogen-bond acceptors (Lipinski definition) is 2. The van der Waals surface area contributed by atoms with Gasteiger partial charge in [-0.25, -0.2) is 0 Å². The summed E-state index contributed by atoms with van der Waals surface area (Å²) in [5.41, 5.74) is 5.76. The molecule has 2 nitrogen and oxygen atoms in total. The molecule has 0 radical (unpaired) electrons. The van der Waals surface area contributed by atoms with Crippen LogP contribution in [0.5, 0.6) is 0 Å². The van der Waals surface area contributed by atoms with E-state index in [1.165, 1.54) is 4.90 Å². The molecule has 0 aromatic rings. The van der Waals surface area contributed by atoms with Crippen LogP contribution in [-0.4, -0.2) is 36.8 Å². The van der Waals surface area contributed by atoms with Crippen molar-refractivity contribution in [2.75, 3.05) is 19.6 Å². The second-order valence-corrected chi connectivity index (χ2v) is 4.79. The van der Waals surface area contributed by atoms with Gasteiger partial charge in [-0.15, -0.1) is 0 Å². The average Bonchev–Trinajstić information content (AvgIpc) is 2.48. The fourth-order valence-corrected chi connectivity index (χ4v) is 2.45. The van der Waals surface area contributed by atoms with Crippen molar-refractivity contribution in [2.45, 2.75) is 44.8 Å². The lowest BCUT2D eigenvalue weighted by Crippen LogP contribution is -2.38. The lowest BCUT2D eigenvalue weighted by atomic mass is 10.1. The summed E-state index contributed by atoms with van der Waals surface area (Å²) in [7, 11) is 0. The first-order valence-electron chi connectivity index (χ1n) is 5.95. The molecule has 0 aliphatic heterocycles. The minimum absolute atomic E-state index is 0.194. The third-order valence-corrected chi connectivity index (χ3v) is 3.04. The Balaban J connectivity index is 2.38. The molecular weight excluding hydrogens is 217 g/mol. The molecule has 1 aliphatic rings. The van der Waals surface area contributed by atoms with Crippen LogP contribution in [0.25, 0.3) is 0 Å². The fraction of sp³-hybridized carbons (Fsp3) is 1.00. The molecule has 5 heteroatoms. The summed E-state index contributed by atoms with van der Waals surface area (Å²) in [5.74, 6) is 0.351.